The highest BCUT2D eigenvalue weighted by molar-refractivity contribution is 5.95. The summed E-state index contributed by atoms with van der Waals surface area (Å²) in [6, 6.07) is 7.53. The first-order valence-corrected chi connectivity index (χ1v) is 8.20. The number of carbonyl (C=O) groups is 2. The summed E-state index contributed by atoms with van der Waals surface area (Å²) in [4.78, 5) is 23.4. The number of amides is 1. The van der Waals surface area contributed by atoms with Crippen LogP contribution in [0.4, 0.5) is 0 Å². The molecule has 22 heavy (non-hydrogen) atoms. The summed E-state index contributed by atoms with van der Waals surface area (Å²) in [5.74, 6) is -0.628. The molecule has 1 amide bonds. The minimum atomic E-state index is -0.385. The maximum Gasteiger partial charge on any atom is 0.325 e. The Bertz CT molecular complexity index is 454. The lowest BCUT2D eigenvalue weighted by atomic mass is 10.1. The van der Waals surface area contributed by atoms with Gasteiger partial charge >= 0.3 is 5.97 Å². The molecule has 4 nitrogen and oxygen atoms in total. The van der Waals surface area contributed by atoms with Gasteiger partial charge in [0.25, 0.3) is 5.91 Å². The molecule has 0 aliphatic rings. The zero-order valence-electron chi connectivity index (χ0n) is 13.7. The van der Waals surface area contributed by atoms with Crippen molar-refractivity contribution < 1.29 is 14.3 Å². The SMILES string of the molecule is CCCCCOC(=O)CNC(=O)c1ccc(CCCC)cc1. The number of hydrogen-bond donors (Lipinski definition) is 1. The molecule has 1 rings (SSSR count). The molecule has 0 aliphatic carbocycles. The van der Waals surface area contributed by atoms with Gasteiger partial charge in [-0.15, -0.1) is 0 Å². The van der Waals surface area contributed by atoms with Crippen LogP contribution in [0.1, 0.15) is 61.9 Å². The number of hydrogen-bond acceptors (Lipinski definition) is 3. The van der Waals surface area contributed by atoms with E-state index in [-0.39, 0.29) is 18.4 Å². The summed E-state index contributed by atoms with van der Waals surface area (Å²) in [5.41, 5.74) is 1.80. The number of unbranched alkanes of at least 4 members (excludes halogenated alkanes) is 3. The smallest absolute Gasteiger partial charge is 0.325 e. The van der Waals surface area contributed by atoms with Gasteiger partial charge in [-0.25, -0.2) is 0 Å². The lowest BCUT2D eigenvalue weighted by Crippen LogP contribution is -2.30. The highest BCUT2D eigenvalue weighted by Crippen LogP contribution is 2.07. The number of ether oxygens (including phenoxy) is 1. The molecule has 4 heteroatoms. The second kappa shape index (κ2) is 10.8. The van der Waals surface area contributed by atoms with E-state index in [2.05, 4.69) is 19.2 Å². The lowest BCUT2D eigenvalue weighted by Gasteiger charge is -2.07. The van der Waals surface area contributed by atoms with Crippen LogP contribution in [0.15, 0.2) is 24.3 Å². The van der Waals surface area contributed by atoms with Crippen LogP contribution in [-0.2, 0) is 16.0 Å². The Kier molecular flexibility index (Phi) is 8.96. The maximum absolute atomic E-state index is 11.9. The number of aryl methyl sites for hydroxylation is 1. The van der Waals surface area contributed by atoms with Gasteiger partial charge in [0, 0.05) is 5.56 Å². The van der Waals surface area contributed by atoms with E-state index < -0.39 is 0 Å². The van der Waals surface area contributed by atoms with Gasteiger partial charge in [0.1, 0.15) is 6.54 Å². The molecule has 0 aromatic heterocycles. The molecule has 0 fully saturated rings. The number of carbonyl (C=O) groups excluding carboxylic acids is 2. The van der Waals surface area contributed by atoms with Gasteiger partial charge in [0.2, 0.25) is 0 Å². The Morgan fingerprint density at radius 3 is 2.32 bits per heavy atom. The Morgan fingerprint density at radius 2 is 1.68 bits per heavy atom. The van der Waals surface area contributed by atoms with Gasteiger partial charge < -0.3 is 10.1 Å². The largest absolute Gasteiger partial charge is 0.464 e. The molecule has 1 aromatic rings. The van der Waals surface area contributed by atoms with Crippen molar-refractivity contribution >= 4 is 11.9 Å². The molecule has 0 radical (unpaired) electrons. The van der Waals surface area contributed by atoms with Crippen molar-refractivity contribution in [3.8, 4) is 0 Å². The Labute approximate surface area is 133 Å². The van der Waals surface area contributed by atoms with Crippen LogP contribution in [-0.4, -0.2) is 25.0 Å². The summed E-state index contributed by atoms with van der Waals surface area (Å²) in [6.45, 7) is 4.59. The molecule has 0 saturated carbocycles. The van der Waals surface area contributed by atoms with Crippen molar-refractivity contribution in [3.63, 3.8) is 0 Å². The van der Waals surface area contributed by atoms with Crippen molar-refractivity contribution in [2.75, 3.05) is 13.2 Å². The summed E-state index contributed by atoms with van der Waals surface area (Å²) < 4.78 is 5.04. The van der Waals surface area contributed by atoms with E-state index in [4.69, 9.17) is 4.74 Å². The van der Waals surface area contributed by atoms with Gasteiger partial charge in [-0.1, -0.05) is 45.2 Å². The van der Waals surface area contributed by atoms with E-state index in [0.29, 0.717) is 12.2 Å². The van der Waals surface area contributed by atoms with Crippen LogP contribution in [0.25, 0.3) is 0 Å². The lowest BCUT2D eigenvalue weighted by molar-refractivity contribution is -0.142. The van der Waals surface area contributed by atoms with Crippen LogP contribution in [0.5, 0.6) is 0 Å². The quantitative estimate of drug-likeness (QED) is 0.532. The first-order chi connectivity index (χ1) is 10.7. The molecule has 0 bridgehead atoms. The number of rotatable bonds is 10. The van der Waals surface area contributed by atoms with Gasteiger partial charge in [0.15, 0.2) is 0 Å². The van der Waals surface area contributed by atoms with Crippen LogP contribution in [0.2, 0.25) is 0 Å². The minimum Gasteiger partial charge on any atom is -0.464 e. The van der Waals surface area contributed by atoms with E-state index in [9.17, 15) is 9.59 Å². The second-order valence-electron chi connectivity index (χ2n) is 5.41. The van der Waals surface area contributed by atoms with Crippen molar-refractivity contribution in [2.24, 2.45) is 0 Å². The van der Waals surface area contributed by atoms with Crippen LogP contribution >= 0.6 is 0 Å². The first-order valence-electron chi connectivity index (χ1n) is 8.20. The fourth-order valence-electron chi connectivity index (χ4n) is 2.05. The molecule has 1 aromatic carbocycles. The van der Waals surface area contributed by atoms with Crippen LogP contribution in [0, 0.1) is 0 Å². The van der Waals surface area contributed by atoms with Gasteiger partial charge in [-0.05, 0) is 37.0 Å². The Balaban J connectivity index is 2.31. The third-order valence-corrected chi connectivity index (χ3v) is 3.44. The molecule has 0 atom stereocenters. The normalized spacial score (nSPS) is 10.3. The first kappa shape index (κ1) is 18.2. The zero-order valence-corrected chi connectivity index (χ0v) is 13.7. The zero-order chi connectivity index (χ0) is 16.2. The molecular weight excluding hydrogens is 278 g/mol. The topological polar surface area (TPSA) is 55.4 Å². The molecule has 0 unspecified atom stereocenters. The fourth-order valence-corrected chi connectivity index (χ4v) is 2.05. The average Bonchev–Trinajstić information content (AvgIpc) is 2.55. The number of benzene rings is 1. The minimum absolute atomic E-state index is 0.0808. The van der Waals surface area contributed by atoms with Gasteiger partial charge in [-0.3, -0.25) is 9.59 Å². The third kappa shape index (κ3) is 7.25. The maximum atomic E-state index is 11.9. The summed E-state index contributed by atoms with van der Waals surface area (Å²) >= 11 is 0. The molecule has 122 valence electrons. The summed E-state index contributed by atoms with van der Waals surface area (Å²) in [7, 11) is 0. The average molecular weight is 305 g/mol. The standard InChI is InChI=1S/C18H27NO3/c1-3-5-7-13-22-17(20)14-19-18(21)16-11-9-15(10-12-16)8-6-4-2/h9-12H,3-8,13-14H2,1-2H3,(H,19,21). The summed E-state index contributed by atoms with van der Waals surface area (Å²) in [6.07, 6.45) is 6.34. The molecule has 0 aliphatic heterocycles. The predicted octanol–water partition coefficient (Wildman–Crippen LogP) is 3.49. The molecule has 0 saturated heterocycles. The van der Waals surface area contributed by atoms with Gasteiger partial charge in [0.05, 0.1) is 6.61 Å². The number of nitrogens with one attached hydrogen (secondary N) is 1. The van der Waals surface area contributed by atoms with E-state index in [1.807, 2.05) is 12.1 Å². The summed E-state index contributed by atoms with van der Waals surface area (Å²) in [5, 5.41) is 2.59. The fraction of sp³-hybridized carbons (Fsp3) is 0.556. The van der Waals surface area contributed by atoms with Crippen molar-refractivity contribution in [1.82, 2.24) is 5.32 Å². The van der Waals surface area contributed by atoms with E-state index in [1.165, 1.54) is 5.56 Å². The van der Waals surface area contributed by atoms with Crippen LogP contribution in [0.3, 0.4) is 0 Å². The van der Waals surface area contributed by atoms with Crippen LogP contribution < -0.4 is 5.32 Å². The van der Waals surface area contributed by atoms with Crippen molar-refractivity contribution in [2.45, 2.75) is 52.4 Å². The Hall–Kier alpha value is -1.84. The van der Waals surface area contributed by atoms with E-state index in [0.717, 1.165) is 38.5 Å². The molecule has 1 N–H and O–H groups in total. The predicted molar refractivity (Wildman–Crippen MR) is 87.9 cm³/mol. The van der Waals surface area contributed by atoms with E-state index >= 15 is 0 Å². The third-order valence-electron chi connectivity index (χ3n) is 3.44. The molecule has 0 heterocycles. The van der Waals surface area contributed by atoms with Crippen molar-refractivity contribution in [1.29, 1.82) is 0 Å². The second-order valence-corrected chi connectivity index (χ2v) is 5.41. The molecule has 0 spiro atoms. The number of esters is 1. The highest BCUT2D eigenvalue weighted by Gasteiger charge is 2.08. The monoisotopic (exact) mass is 305 g/mol. The highest BCUT2D eigenvalue weighted by atomic mass is 16.5. The van der Waals surface area contributed by atoms with E-state index in [1.54, 1.807) is 12.1 Å². The Morgan fingerprint density at radius 1 is 1.00 bits per heavy atom. The van der Waals surface area contributed by atoms with Crippen molar-refractivity contribution in [3.05, 3.63) is 35.4 Å². The van der Waals surface area contributed by atoms with Gasteiger partial charge in [-0.2, -0.15) is 0 Å². The molecular formula is C18H27NO3.